The largest absolute Gasteiger partial charge is 0.387 e. The summed E-state index contributed by atoms with van der Waals surface area (Å²) in [4.78, 5) is 0. The first-order chi connectivity index (χ1) is 8.58. The second-order valence-electron chi connectivity index (χ2n) is 4.48. The summed E-state index contributed by atoms with van der Waals surface area (Å²) in [7, 11) is 0. The zero-order chi connectivity index (χ0) is 13.5. The smallest absolute Gasteiger partial charge is 0.131 e. The highest BCUT2D eigenvalue weighted by Crippen LogP contribution is 2.17. The van der Waals surface area contributed by atoms with Gasteiger partial charge in [0.15, 0.2) is 0 Å². The summed E-state index contributed by atoms with van der Waals surface area (Å²) >= 11 is 0. The van der Waals surface area contributed by atoms with Gasteiger partial charge in [-0.3, -0.25) is 0 Å². The second-order valence-corrected chi connectivity index (χ2v) is 4.48. The van der Waals surface area contributed by atoms with Crippen LogP contribution in [0.4, 0.5) is 8.78 Å². The summed E-state index contributed by atoms with van der Waals surface area (Å²) in [5.74, 6) is -1.33. The zero-order valence-electron chi connectivity index (χ0n) is 10.9. The lowest BCUT2D eigenvalue weighted by atomic mass is 10.1. The molecule has 0 saturated carbocycles. The molecule has 2 nitrogen and oxygen atoms in total. The number of hydrogen-bond donors (Lipinski definition) is 2. The minimum atomic E-state index is -0.948. The fourth-order valence-corrected chi connectivity index (χ4v) is 1.96. The first-order valence-electron chi connectivity index (χ1n) is 6.44. The first-order valence-corrected chi connectivity index (χ1v) is 6.44. The van der Waals surface area contributed by atoms with Gasteiger partial charge < -0.3 is 10.4 Å². The number of rotatable bonds is 7. The third-order valence-electron chi connectivity index (χ3n) is 3.05. The molecular weight excluding hydrogens is 236 g/mol. The van der Waals surface area contributed by atoms with E-state index in [1.807, 2.05) is 0 Å². The summed E-state index contributed by atoms with van der Waals surface area (Å²) in [5.41, 5.74) is 0.134. The van der Waals surface area contributed by atoms with Gasteiger partial charge in [0.2, 0.25) is 0 Å². The average Bonchev–Trinajstić information content (AvgIpc) is 2.34. The van der Waals surface area contributed by atoms with Gasteiger partial charge in [0.25, 0.3) is 0 Å². The summed E-state index contributed by atoms with van der Waals surface area (Å²) < 4.78 is 26.2. The molecule has 0 bridgehead atoms. The third kappa shape index (κ3) is 4.35. The van der Waals surface area contributed by atoms with E-state index in [4.69, 9.17) is 0 Å². The Morgan fingerprint density at radius 2 is 2.00 bits per heavy atom. The molecule has 0 heterocycles. The van der Waals surface area contributed by atoms with Crippen molar-refractivity contribution in [2.75, 3.05) is 6.54 Å². The molecule has 1 aromatic rings. The Kier molecular flexibility index (Phi) is 6.22. The highest BCUT2D eigenvalue weighted by molar-refractivity contribution is 5.21. The van der Waals surface area contributed by atoms with E-state index in [1.165, 1.54) is 6.07 Å². The molecule has 0 spiro atoms. The summed E-state index contributed by atoms with van der Waals surface area (Å²) in [6.45, 7) is 4.44. The molecule has 0 saturated heterocycles. The summed E-state index contributed by atoms with van der Waals surface area (Å²) in [5, 5.41) is 13.1. The van der Waals surface area contributed by atoms with Gasteiger partial charge >= 0.3 is 0 Å². The molecule has 2 atom stereocenters. The maximum Gasteiger partial charge on any atom is 0.131 e. The number of benzene rings is 1. The monoisotopic (exact) mass is 257 g/mol. The number of halogens is 2. The Morgan fingerprint density at radius 1 is 1.28 bits per heavy atom. The van der Waals surface area contributed by atoms with Crippen LogP contribution in [0.5, 0.6) is 0 Å². The van der Waals surface area contributed by atoms with E-state index in [0.717, 1.165) is 31.4 Å². The van der Waals surface area contributed by atoms with Gasteiger partial charge in [0.05, 0.1) is 6.10 Å². The van der Waals surface area contributed by atoms with Crippen molar-refractivity contribution in [1.29, 1.82) is 0 Å². The van der Waals surface area contributed by atoms with E-state index in [9.17, 15) is 13.9 Å². The van der Waals surface area contributed by atoms with Crippen molar-refractivity contribution >= 4 is 0 Å². The summed E-state index contributed by atoms with van der Waals surface area (Å²) in [6, 6.07) is 3.57. The molecule has 0 aliphatic heterocycles. The number of nitrogens with one attached hydrogen (secondary N) is 1. The Bertz CT molecular complexity index is 371. The normalized spacial score (nSPS) is 14.5. The van der Waals surface area contributed by atoms with E-state index in [2.05, 4.69) is 19.2 Å². The molecule has 0 fully saturated rings. The minimum absolute atomic E-state index is 0.134. The van der Waals surface area contributed by atoms with Crippen molar-refractivity contribution in [3.63, 3.8) is 0 Å². The van der Waals surface area contributed by atoms with Crippen LogP contribution in [0, 0.1) is 11.6 Å². The van der Waals surface area contributed by atoms with Gasteiger partial charge in [-0.2, -0.15) is 0 Å². The fourth-order valence-electron chi connectivity index (χ4n) is 1.96. The Morgan fingerprint density at radius 3 is 2.56 bits per heavy atom. The quantitative estimate of drug-likeness (QED) is 0.786. The molecule has 0 amide bonds. The van der Waals surface area contributed by atoms with E-state index in [-0.39, 0.29) is 12.1 Å². The summed E-state index contributed by atoms with van der Waals surface area (Å²) in [6.07, 6.45) is 2.10. The molecule has 1 rings (SSSR count). The SMILES string of the molecule is CCCC(CC)NCC(O)c1ccc(F)cc1F. The van der Waals surface area contributed by atoms with Gasteiger partial charge in [-0.25, -0.2) is 8.78 Å². The van der Waals surface area contributed by atoms with Gasteiger partial charge in [0.1, 0.15) is 11.6 Å². The van der Waals surface area contributed by atoms with Gasteiger partial charge in [0, 0.05) is 24.2 Å². The molecule has 0 aromatic heterocycles. The van der Waals surface area contributed by atoms with Crippen LogP contribution in [0.3, 0.4) is 0 Å². The number of hydrogen-bond acceptors (Lipinski definition) is 2. The Balaban J connectivity index is 2.56. The van der Waals surface area contributed by atoms with Gasteiger partial charge in [-0.05, 0) is 18.9 Å². The van der Waals surface area contributed by atoms with E-state index < -0.39 is 17.7 Å². The van der Waals surface area contributed by atoms with Crippen LogP contribution in [0.15, 0.2) is 18.2 Å². The Hall–Kier alpha value is -1.00. The van der Waals surface area contributed by atoms with Crippen LogP contribution in [0.1, 0.15) is 44.8 Å². The molecule has 0 radical (unpaired) electrons. The van der Waals surface area contributed by atoms with Crippen LogP contribution < -0.4 is 5.32 Å². The van der Waals surface area contributed by atoms with Gasteiger partial charge in [-0.15, -0.1) is 0 Å². The molecule has 0 aliphatic rings. The first kappa shape index (κ1) is 15.1. The van der Waals surface area contributed by atoms with E-state index >= 15 is 0 Å². The minimum Gasteiger partial charge on any atom is -0.387 e. The lowest BCUT2D eigenvalue weighted by molar-refractivity contribution is 0.163. The topological polar surface area (TPSA) is 32.3 Å². The van der Waals surface area contributed by atoms with Crippen LogP contribution >= 0.6 is 0 Å². The van der Waals surface area contributed by atoms with Crippen LogP contribution in [0.2, 0.25) is 0 Å². The Labute approximate surface area is 107 Å². The predicted molar refractivity (Wildman–Crippen MR) is 68.3 cm³/mol. The standard InChI is InChI=1S/C14H21F2NO/c1-3-5-11(4-2)17-9-14(18)12-7-6-10(15)8-13(12)16/h6-8,11,14,17-18H,3-5,9H2,1-2H3. The third-order valence-corrected chi connectivity index (χ3v) is 3.05. The molecule has 2 unspecified atom stereocenters. The van der Waals surface area contributed by atoms with Crippen LogP contribution in [-0.4, -0.2) is 17.7 Å². The van der Waals surface area contributed by atoms with Crippen LogP contribution in [0.25, 0.3) is 0 Å². The van der Waals surface area contributed by atoms with Crippen molar-refractivity contribution in [2.24, 2.45) is 0 Å². The van der Waals surface area contributed by atoms with Crippen molar-refractivity contribution in [3.05, 3.63) is 35.4 Å². The fraction of sp³-hybridized carbons (Fsp3) is 0.571. The maximum absolute atomic E-state index is 13.4. The molecule has 0 aliphatic carbocycles. The molecule has 2 N–H and O–H groups in total. The second kappa shape index (κ2) is 7.44. The van der Waals surface area contributed by atoms with Crippen molar-refractivity contribution < 1.29 is 13.9 Å². The van der Waals surface area contributed by atoms with Crippen LogP contribution in [-0.2, 0) is 0 Å². The van der Waals surface area contributed by atoms with E-state index in [1.54, 1.807) is 0 Å². The van der Waals surface area contributed by atoms with Gasteiger partial charge in [-0.1, -0.05) is 26.3 Å². The predicted octanol–water partition coefficient (Wildman–Crippen LogP) is 3.17. The number of aliphatic hydroxyl groups excluding tert-OH is 1. The number of aliphatic hydroxyl groups is 1. The van der Waals surface area contributed by atoms with Crippen molar-refractivity contribution in [3.8, 4) is 0 Å². The van der Waals surface area contributed by atoms with E-state index in [0.29, 0.717) is 6.04 Å². The molecule has 1 aromatic carbocycles. The lowest BCUT2D eigenvalue weighted by Gasteiger charge is -2.19. The van der Waals surface area contributed by atoms with Crippen molar-refractivity contribution in [1.82, 2.24) is 5.32 Å². The molecule has 4 heteroatoms. The average molecular weight is 257 g/mol. The highest BCUT2D eigenvalue weighted by Gasteiger charge is 2.14. The highest BCUT2D eigenvalue weighted by atomic mass is 19.1. The lowest BCUT2D eigenvalue weighted by Crippen LogP contribution is -2.32. The molecular formula is C14H21F2NO. The maximum atomic E-state index is 13.4. The molecule has 18 heavy (non-hydrogen) atoms. The van der Waals surface area contributed by atoms with Crippen molar-refractivity contribution in [2.45, 2.75) is 45.3 Å². The zero-order valence-corrected chi connectivity index (χ0v) is 10.9. The molecule has 102 valence electrons.